The first-order chi connectivity index (χ1) is 12.3. The Kier molecular flexibility index (Phi) is 3.65. The first-order valence-corrected chi connectivity index (χ1v) is 9.67. The lowest BCUT2D eigenvalue weighted by atomic mass is 10.1. The molecule has 0 spiro atoms. The molecule has 1 aromatic carbocycles. The smallest absolute Gasteiger partial charge is 0.226 e. The van der Waals surface area contributed by atoms with Gasteiger partial charge in [0.15, 0.2) is 0 Å². The van der Waals surface area contributed by atoms with Crippen molar-refractivity contribution in [3.63, 3.8) is 0 Å². The number of fused-ring (bicyclic) bond motifs is 2. The molecule has 5 rings (SSSR count). The lowest BCUT2D eigenvalue weighted by Gasteiger charge is -2.28. The summed E-state index contributed by atoms with van der Waals surface area (Å²) in [6, 6.07) is 10.6. The standard InChI is InChI=1S/C21H25N3O/c25-21(20-16-7-4-8-17(16)20)23-12-10-19-18(13-23)22-14-24(19)11-9-15-5-2-1-3-6-15/h1-3,5-6,14,16-17,20H,4,7-13H2/t16-,17-/m0/s1. The van der Waals surface area contributed by atoms with Crippen LogP contribution in [-0.2, 0) is 30.7 Å². The predicted octanol–water partition coefficient (Wildman–Crippen LogP) is 3.06. The van der Waals surface area contributed by atoms with Crippen molar-refractivity contribution in [1.82, 2.24) is 14.5 Å². The molecule has 0 unspecified atom stereocenters. The van der Waals surface area contributed by atoms with Gasteiger partial charge < -0.3 is 9.47 Å². The summed E-state index contributed by atoms with van der Waals surface area (Å²) in [4.78, 5) is 19.5. The van der Waals surface area contributed by atoms with Crippen LogP contribution in [0, 0.1) is 17.8 Å². The second-order valence-corrected chi connectivity index (χ2v) is 7.86. The molecule has 25 heavy (non-hydrogen) atoms. The average Bonchev–Trinajstić information content (AvgIpc) is 3.00. The molecular formula is C21H25N3O. The molecule has 1 aromatic heterocycles. The van der Waals surface area contributed by atoms with Crippen LogP contribution in [0.15, 0.2) is 36.7 Å². The number of benzene rings is 1. The maximum atomic E-state index is 12.8. The molecule has 2 fully saturated rings. The molecule has 4 nitrogen and oxygen atoms in total. The van der Waals surface area contributed by atoms with Gasteiger partial charge >= 0.3 is 0 Å². The van der Waals surface area contributed by atoms with E-state index in [1.807, 2.05) is 6.33 Å². The highest BCUT2D eigenvalue weighted by Crippen LogP contribution is 2.58. The molecule has 0 radical (unpaired) electrons. The van der Waals surface area contributed by atoms with Gasteiger partial charge in [-0.15, -0.1) is 0 Å². The maximum Gasteiger partial charge on any atom is 0.226 e. The zero-order valence-electron chi connectivity index (χ0n) is 14.6. The zero-order chi connectivity index (χ0) is 16.8. The van der Waals surface area contributed by atoms with Crippen molar-refractivity contribution in [1.29, 1.82) is 0 Å². The minimum Gasteiger partial charge on any atom is -0.336 e. The van der Waals surface area contributed by atoms with Crippen LogP contribution in [0.2, 0.25) is 0 Å². The fourth-order valence-corrected chi connectivity index (χ4v) is 5.04. The Morgan fingerprint density at radius 1 is 1.16 bits per heavy atom. The topological polar surface area (TPSA) is 38.1 Å². The minimum absolute atomic E-state index is 0.343. The molecule has 130 valence electrons. The third-order valence-corrected chi connectivity index (χ3v) is 6.48. The second kappa shape index (κ2) is 6.01. The number of carbonyl (C=O) groups excluding carboxylic acids is 1. The average molecular weight is 335 g/mol. The highest BCUT2D eigenvalue weighted by molar-refractivity contribution is 5.82. The van der Waals surface area contributed by atoms with Gasteiger partial charge in [0.1, 0.15) is 0 Å². The first kappa shape index (κ1) is 15.2. The van der Waals surface area contributed by atoms with Crippen molar-refractivity contribution < 1.29 is 4.79 Å². The number of nitrogens with zero attached hydrogens (tertiary/aromatic N) is 3. The van der Waals surface area contributed by atoms with E-state index in [-0.39, 0.29) is 0 Å². The van der Waals surface area contributed by atoms with Crippen LogP contribution in [0.4, 0.5) is 0 Å². The molecule has 2 heterocycles. The summed E-state index contributed by atoms with van der Waals surface area (Å²) < 4.78 is 2.29. The summed E-state index contributed by atoms with van der Waals surface area (Å²) in [5.74, 6) is 2.16. The van der Waals surface area contributed by atoms with Gasteiger partial charge in [-0.2, -0.15) is 0 Å². The Bertz CT molecular complexity index is 772. The molecule has 2 atom stereocenters. The molecule has 1 aliphatic heterocycles. The molecule has 0 bridgehead atoms. The fraction of sp³-hybridized carbons (Fsp3) is 0.524. The molecule has 2 aromatic rings. The van der Waals surface area contributed by atoms with E-state index in [1.165, 1.54) is 30.5 Å². The molecule has 0 saturated heterocycles. The van der Waals surface area contributed by atoms with E-state index in [1.54, 1.807) is 0 Å². The Morgan fingerprint density at radius 2 is 1.96 bits per heavy atom. The number of carbonyl (C=O) groups is 1. The summed E-state index contributed by atoms with van der Waals surface area (Å²) in [6.07, 6.45) is 7.81. The Morgan fingerprint density at radius 3 is 2.76 bits per heavy atom. The van der Waals surface area contributed by atoms with E-state index >= 15 is 0 Å². The molecular weight excluding hydrogens is 310 g/mol. The van der Waals surface area contributed by atoms with Crippen LogP contribution >= 0.6 is 0 Å². The lowest BCUT2D eigenvalue weighted by molar-refractivity contribution is -0.134. The third-order valence-electron chi connectivity index (χ3n) is 6.48. The molecule has 3 aliphatic rings. The van der Waals surface area contributed by atoms with Crippen molar-refractivity contribution in [3.05, 3.63) is 53.6 Å². The van der Waals surface area contributed by atoms with Crippen molar-refractivity contribution in [2.75, 3.05) is 6.54 Å². The summed E-state index contributed by atoms with van der Waals surface area (Å²) >= 11 is 0. The Hall–Kier alpha value is -2.10. The highest BCUT2D eigenvalue weighted by atomic mass is 16.2. The Balaban J connectivity index is 1.24. The summed E-state index contributed by atoms with van der Waals surface area (Å²) in [6.45, 7) is 2.54. The Labute approximate surface area is 148 Å². The van der Waals surface area contributed by atoms with Gasteiger partial charge in [-0.1, -0.05) is 36.8 Å². The number of aromatic nitrogens is 2. The monoisotopic (exact) mass is 335 g/mol. The van der Waals surface area contributed by atoms with Crippen molar-refractivity contribution in [2.24, 2.45) is 17.8 Å². The predicted molar refractivity (Wildman–Crippen MR) is 95.8 cm³/mol. The van der Waals surface area contributed by atoms with E-state index in [0.29, 0.717) is 30.2 Å². The minimum atomic E-state index is 0.343. The lowest BCUT2D eigenvalue weighted by Crippen LogP contribution is -2.38. The van der Waals surface area contributed by atoms with Crippen LogP contribution in [0.3, 0.4) is 0 Å². The number of hydrogen-bond acceptors (Lipinski definition) is 2. The van der Waals surface area contributed by atoms with Gasteiger partial charge in [0.25, 0.3) is 0 Å². The van der Waals surface area contributed by atoms with Gasteiger partial charge in [-0.25, -0.2) is 4.98 Å². The number of rotatable bonds is 4. The largest absolute Gasteiger partial charge is 0.336 e. The van der Waals surface area contributed by atoms with Gasteiger partial charge in [-0.05, 0) is 36.7 Å². The molecule has 4 heteroatoms. The summed E-state index contributed by atoms with van der Waals surface area (Å²) in [7, 11) is 0. The van der Waals surface area contributed by atoms with Crippen LogP contribution in [0.5, 0.6) is 0 Å². The normalized spacial score (nSPS) is 27.0. The van der Waals surface area contributed by atoms with E-state index in [2.05, 4.69) is 44.8 Å². The number of imidazole rings is 1. The molecule has 1 amide bonds. The highest BCUT2D eigenvalue weighted by Gasteiger charge is 2.57. The van der Waals surface area contributed by atoms with Gasteiger partial charge in [0.05, 0.1) is 18.6 Å². The summed E-state index contributed by atoms with van der Waals surface area (Å²) in [5, 5.41) is 0. The van der Waals surface area contributed by atoms with Crippen molar-refractivity contribution in [2.45, 2.75) is 45.2 Å². The van der Waals surface area contributed by atoms with E-state index in [4.69, 9.17) is 0 Å². The van der Waals surface area contributed by atoms with Gasteiger partial charge in [0.2, 0.25) is 5.91 Å². The van der Waals surface area contributed by atoms with E-state index in [9.17, 15) is 4.79 Å². The number of hydrogen-bond donors (Lipinski definition) is 0. The van der Waals surface area contributed by atoms with Crippen molar-refractivity contribution in [3.8, 4) is 0 Å². The third kappa shape index (κ3) is 2.68. The van der Waals surface area contributed by atoms with Crippen LogP contribution in [0.1, 0.15) is 36.2 Å². The van der Waals surface area contributed by atoms with E-state index in [0.717, 1.165) is 31.6 Å². The van der Waals surface area contributed by atoms with Crippen molar-refractivity contribution >= 4 is 5.91 Å². The quantitative estimate of drug-likeness (QED) is 0.861. The number of amides is 1. The number of aryl methyl sites for hydroxylation is 2. The van der Waals surface area contributed by atoms with Gasteiger partial charge in [-0.3, -0.25) is 4.79 Å². The van der Waals surface area contributed by atoms with Crippen LogP contribution < -0.4 is 0 Å². The van der Waals surface area contributed by atoms with Crippen LogP contribution in [-0.4, -0.2) is 26.9 Å². The van der Waals surface area contributed by atoms with Gasteiger partial charge in [0, 0.05) is 31.1 Å². The SMILES string of the molecule is O=C(C1[C@H]2CCC[C@H]12)N1CCc2c(ncn2CCc2ccccc2)C1. The van der Waals surface area contributed by atoms with Crippen LogP contribution in [0.25, 0.3) is 0 Å². The fourth-order valence-electron chi connectivity index (χ4n) is 5.04. The zero-order valence-corrected chi connectivity index (χ0v) is 14.6. The maximum absolute atomic E-state index is 12.8. The first-order valence-electron chi connectivity index (χ1n) is 9.67. The van der Waals surface area contributed by atoms with E-state index < -0.39 is 0 Å². The molecule has 2 saturated carbocycles. The molecule has 2 aliphatic carbocycles. The second-order valence-electron chi connectivity index (χ2n) is 7.86. The molecule has 0 N–H and O–H groups in total. The summed E-state index contributed by atoms with van der Waals surface area (Å²) in [5.41, 5.74) is 3.80.